The second-order valence-electron chi connectivity index (χ2n) is 3.94. The van der Waals surface area contributed by atoms with Crippen molar-refractivity contribution in [3.05, 3.63) is 16.1 Å². The number of aliphatic hydroxyl groups excluding tert-OH is 1. The summed E-state index contributed by atoms with van der Waals surface area (Å²) in [5, 5.41) is 14.6. The van der Waals surface area contributed by atoms with Gasteiger partial charge in [0.05, 0.1) is 11.1 Å². The lowest BCUT2D eigenvalue weighted by atomic mass is 10.3. The molecule has 0 aromatic carbocycles. The third-order valence-electron chi connectivity index (χ3n) is 2.45. The van der Waals surface area contributed by atoms with Gasteiger partial charge in [-0.1, -0.05) is 0 Å². The van der Waals surface area contributed by atoms with Crippen molar-refractivity contribution >= 4 is 17.2 Å². The lowest BCUT2D eigenvalue weighted by Gasteiger charge is -2.07. The molecule has 1 amide bonds. The molecule has 2 rings (SSSR count). The molecule has 1 aliphatic rings. The molecule has 88 valence electrons. The fourth-order valence-corrected chi connectivity index (χ4v) is 2.27. The summed E-state index contributed by atoms with van der Waals surface area (Å²) in [5.74, 6) is 0.330. The van der Waals surface area contributed by atoms with E-state index < -0.39 is 6.10 Å². The maximum Gasteiger partial charge on any atom is 0.270 e. The molecule has 1 aliphatic carbocycles. The second-order valence-corrected chi connectivity index (χ2v) is 4.83. The summed E-state index contributed by atoms with van der Waals surface area (Å²) >= 11 is 1.53. The van der Waals surface area contributed by atoms with Gasteiger partial charge in [-0.25, -0.2) is 4.98 Å². The van der Waals surface area contributed by atoms with Crippen molar-refractivity contribution in [3.63, 3.8) is 0 Å². The zero-order valence-electron chi connectivity index (χ0n) is 8.85. The van der Waals surface area contributed by atoms with Crippen LogP contribution in [-0.2, 0) is 0 Å². The number of aromatic nitrogens is 1. The maximum absolute atomic E-state index is 11.6. The molecule has 1 atom stereocenters. The van der Waals surface area contributed by atoms with Gasteiger partial charge in [-0.05, 0) is 12.8 Å². The first-order valence-electron chi connectivity index (χ1n) is 5.32. The normalized spacial score (nSPS) is 17.1. The number of aliphatic hydroxyl groups is 1. The standard InChI is InChI=1S/C10H15N3O2S/c11-3-7(14)4-12-9(15)8-5-16-10(13-8)6-1-2-6/h5-7,14H,1-4,11H2,(H,12,15). The lowest BCUT2D eigenvalue weighted by Crippen LogP contribution is -2.36. The number of nitrogens with one attached hydrogen (secondary N) is 1. The van der Waals surface area contributed by atoms with Crippen molar-refractivity contribution in [2.24, 2.45) is 5.73 Å². The Morgan fingerprint density at radius 2 is 2.50 bits per heavy atom. The van der Waals surface area contributed by atoms with Crippen molar-refractivity contribution < 1.29 is 9.90 Å². The molecule has 16 heavy (non-hydrogen) atoms. The highest BCUT2D eigenvalue weighted by Gasteiger charge is 2.27. The molecule has 6 heteroatoms. The van der Waals surface area contributed by atoms with Gasteiger partial charge in [-0.2, -0.15) is 0 Å². The Morgan fingerprint density at radius 1 is 1.75 bits per heavy atom. The zero-order chi connectivity index (χ0) is 11.5. The Labute approximate surface area is 97.7 Å². The van der Waals surface area contributed by atoms with E-state index in [-0.39, 0.29) is 19.0 Å². The topological polar surface area (TPSA) is 88.2 Å². The van der Waals surface area contributed by atoms with Crippen LogP contribution in [-0.4, -0.2) is 35.2 Å². The fraction of sp³-hybridized carbons (Fsp3) is 0.600. The van der Waals surface area contributed by atoms with E-state index >= 15 is 0 Å². The molecule has 4 N–H and O–H groups in total. The van der Waals surface area contributed by atoms with Crippen LogP contribution in [0.15, 0.2) is 5.38 Å². The van der Waals surface area contributed by atoms with Crippen LogP contribution in [0.5, 0.6) is 0 Å². The van der Waals surface area contributed by atoms with Crippen LogP contribution < -0.4 is 11.1 Å². The van der Waals surface area contributed by atoms with Gasteiger partial charge in [-0.3, -0.25) is 4.79 Å². The van der Waals surface area contributed by atoms with Crippen LogP contribution >= 0.6 is 11.3 Å². The van der Waals surface area contributed by atoms with Gasteiger partial charge in [-0.15, -0.1) is 11.3 Å². The third-order valence-corrected chi connectivity index (χ3v) is 3.46. The van der Waals surface area contributed by atoms with Gasteiger partial charge in [0.2, 0.25) is 0 Å². The molecule has 0 aliphatic heterocycles. The molecule has 5 nitrogen and oxygen atoms in total. The highest BCUT2D eigenvalue weighted by Crippen LogP contribution is 2.41. The van der Waals surface area contributed by atoms with Crippen molar-refractivity contribution in [2.75, 3.05) is 13.1 Å². The Bertz CT molecular complexity index is 376. The quantitative estimate of drug-likeness (QED) is 0.680. The minimum absolute atomic E-state index is 0.144. The Hall–Kier alpha value is -0.980. The van der Waals surface area contributed by atoms with E-state index in [0.717, 1.165) is 5.01 Å². The van der Waals surface area contributed by atoms with E-state index in [0.29, 0.717) is 11.6 Å². The van der Waals surface area contributed by atoms with Crippen LogP contribution in [0.25, 0.3) is 0 Å². The fourth-order valence-electron chi connectivity index (χ4n) is 1.29. The van der Waals surface area contributed by atoms with Crippen LogP contribution in [0, 0.1) is 0 Å². The van der Waals surface area contributed by atoms with Crippen LogP contribution in [0.2, 0.25) is 0 Å². The van der Waals surface area contributed by atoms with Gasteiger partial charge in [0, 0.05) is 24.4 Å². The molecule has 1 aromatic rings. The minimum Gasteiger partial charge on any atom is -0.390 e. The molecule has 1 aromatic heterocycles. The summed E-state index contributed by atoms with van der Waals surface area (Å²) < 4.78 is 0. The molecule has 1 heterocycles. The van der Waals surface area contributed by atoms with E-state index in [4.69, 9.17) is 5.73 Å². The summed E-state index contributed by atoms with van der Waals surface area (Å²) in [6.07, 6.45) is 1.67. The highest BCUT2D eigenvalue weighted by molar-refractivity contribution is 7.10. The Kier molecular flexibility index (Phi) is 3.52. The zero-order valence-corrected chi connectivity index (χ0v) is 9.67. The number of hydrogen-bond acceptors (Lipinski definition) is 5. The van der Waals surface area contributed by atoms with Gasteiger partial charge >= 0.3 is 0 Å². The molecule has 0 spiro atoms. The first-order valence-corrected chi connectivity index (χ1v) is 6.20. The summed E-state index contributed by atoms with van der Waals surface area (Å²) in [7, 11) is 0. The number of amides is 1. The van der Waals surface area contributed by atoms with E-state index in [1.54, 1.807) is 5.38 Å². The van der Waals surface area contributed by atoms with Gasteiger partial charge < -0.3 is 16.2 Å². The molecule has 1 saturated carbocycles. The number of carbonyl (C=O) groups is 1. The van der Waals surface area contributed by atoms with Crippen molar-refractivity contribution in [1.82, 2.24) is 10.3 Å². The number of rotatable bonds is 5. The minimum atomic E-state index is -0.689. The van der Waals surface area contributed by atoms with E-state index in [2.05, 4.69) is 10.3 Å². The number of carbonyl (C=O) groups excluding carboxylic acids is 1. The first kappa shape index (κ1) is 11.5. The van der Waals surface area contributed by atoms with Gasteiger partial charge in [0.15, 0.2) is 0 Å². The van der Waals surface area contributed by atoms with E-state index in [1.807, 2.05) is 0 Å². The molecule has 0 bridgehead atoms. The van der Waals surface area contributed by atoms with E-state index in [1.165, 1.54) is 24.2 Å². The van der Waals surface area contributed by atoms with Crippen LogP contribution in [0.3, 0.4) is 0 Å². The molecule has 0 saturated heterocycles. The summed E-state index contributed by atoms with van der Waals surface area (Å²) in [4.78, 5) is 15.9. The SMILES string of the molecule is NCC(O)CNC(=O)c1csc(C2CC2)n1. The van der Waals surface area contributed by atoms with Gasteiger partial charge in [0.1, 0.15) is 5.69 Å². The average Bonchev–Trinajstić information content (AvgIpc) is 3.03. The monoisotopic (exact) mass is 241 g/mol. The molecule has 1 fully saturated rings. The summed E-state index contributed by atoms with van der Waals surface area (Å²) in [6.45, 7) is 0.316. The third kappa shape index (κ3) is 2.78. The smallest absolute Gasteiger partial charge is 0.270 e. The average molecular weight is 241 g/mol. The predicted molar refractivity (Wildman–Crippen MR) is 61.5 cm³/mol. The van der Waals surface area contributed by atoms with Crippen molar-refractivity contribution in [1.29, 1.82) is 0 Å². The molecular formula is C10H15N3O2S. The number of thiazole rings is 1. The molecule has 0 radical (unpaired) electrons. The summed E-state index contributed by atoms with van der Waals surface area (Å²) in [5.41, 5.74) is 5.68. The number of hydrogen-bond donors (Lipinski definition) is 3. The van der Waals surface area contributed by atoms with Crippen LogP contribution in [0.4, 0.5) is 0 Å². The number of nitrogens with two attached hydrogens (primary N) is 1. The highest BCUT2D eigenvalue weighted by atomic mass is 32.1. The second kappa shape index (κ2) is 4.90. The van der Waals surface area contributed by atoms with E-state index in [9.17, 15) is 9.90 Å². The van der Waals surface area contributed by atoms with Crippen molar-refractivity contribution in [3.8, 4) is 0 Å². The summed E-state index contributed by atoms with van der Waals surface area (Å²) in [6, 6.07) is 0. The number of nitrogens with zero attached hydrogens (tertiary/aromatic N) is 1. The predicted octanol–water partition coefficient (Wildman–Crippen LogP) is 0.0699. The van der Waals surface area contributed by atoms with Crippen LogP contribution in [0.1, 0.15) is 34.3 Å². The Morgan fingerprint density at radius 3 is 3.12 bits per heavy atom. The largest absolute Gasteiger partial charge is 0.390 e. The van der Waals surface area contributed by atoms with Gasteiger partial charge in [0.25, 0.3) is 5.91 Å². The first-order chi connectivity index (χ1) is 7.70. The molecular weight excluding hydrogens is 226 g/mol. The molecule has 1 unspecified atom stereocenters. The maximum atomic E-state index is 11.6. The lowest BCUT2D eigenvalue weighted by molar-refractivity contribution is 0.0915. The van der Waals surface area contributed by atoms with Crippen molar-refractivity contribution in [2.45, 2.75) is 24.9 Å². The Balaban J connectivity index is 1.87.